The summed E-state index contributed by atoms with van der Waals surface area (Å²) in [4.78, 5) is 13.2. The largest absolute Gasteiger partial charge is 0.323 e. The van der Waals surface area contributed by atoms with E-state index in [4.69, 9.17) is 23.2 Å². The lowest BCUT2D eigenvalue weighted by Crippen LogP contribution is -2.22. The third-order valence-corrected chi connectivity index (χ3v) is 4.38. The molecule has 0 unspecified atom stereocenters. The van der Waals surface area contributed by atoms with E-state index in [0.29, 0.717) is 15.7 Å². The molecule has 0 spiro atoms. The molecule has 1 atom stereocenters. The van der Waals surface area contributed by atoms with Crippen molar-refractivity contribution in [2.24, 2.45) is 0 Å². The highest BCUT2D eigenvalue weighted by atomic mass is 35.5. The molecule has 20 heavy (non-hydrogen) atoms. The fourth-order valence-electron chi connectivity index (χ4n) is 1.60. The average Bonchev–Trinajstić information content (AvgIpc) is 2.44. The van der Waals surface area contributed by atoms with Crippen molar-refractivity contribution < 1.29 is 4.79 Å². The Morgan fingerprint density at radius 3 is 2.25 bits per heavy atom. The van der Waals surface area contributed by atoms with Gasteiger partial charge in [-0.15, -0.1) is 11.8 Å². The lowest BCUT2D eigenvalue weighted by Gasteiger charge is -2.13. The lowest BCUT2D eigenvalue weighted by atomic mass is 10.3. The monoisotopic (exact) mass is 325 g/mol. The molecule has 0 aliphatic rings. The number of nitrogens with one attached hydrogen (secondary N) is 1. The summed E-state index contributed by atoms with van der Waals surface area (Å²) in [6.45, 7) is 1.84. The predicted octanol–water partition coefficient (Wildman–Crippen LogP) is 5.11. The second kappa shape index (κ2) is 7.02. The van der Waals surface area contributed by atoms with Crippen molar-refractivity contribution in [3.63, 3.8) is 0 Å². The molecule has 0 radical (unpaired) electrons. The topological polar surface area (TPSA) is 29.1 Å². The SMILES string of the molecule is C[C@H](Sc1ccccc1)C(=O)Nc1c(Cl)cccc1Cl. The van der Waals surface area contributed by atoms with Gasteiger partial charge in [-0.3, -0.25) is 4.79 Å². The lowest BCUT2D eigenvalue weighted by molar-refractivity contribution is -0.115. The van der Waals surface area contributed by atoms with Gasteiger partial charge in [-0.2, -0.15) is 0 Å². The summed E-state index contributed by atoms with van der Waals surface area (Å²) in [6.07, 6.45) is 0. The molecule has 1 amide bonds. The Morgan fingerprint density at radius 2 is 1.65 bits per heavy atom. The van der Waals surface area contributed by atoms with Crippen molar-refractivity contribution in [1.29, 1.82) is 0 Å². The zero-order chi connectivity index (χ0) is 14.5. The van der Waals surface area contributed by atoms with Crippen molar-refractivity contribution in [3.05, 3.63) is 58.6 Å². The highest BCUT2D eigenvalue weighted by Gasteiger charge is 2.17. The van der Waals surface area contributed by atoms with Crippen molar-refractivity contribution in [3.8, 4) is 0 Å². The van der Waals surface area contributed by atoms with Crippen LogP contribution in [0.25, 0.3) is 0 Å². The first-order chi connectivity index (χ1) is 9.58. The minimum absolute atomic E-state index is 0.131. The number of thioether (sulfide) groups is 1. The van der Waals surface area contributed by atoms with Crippen LogP contribution in [0.15, 0.2) is 53.4 Å². The zero-order valence-electron chi connectivity index (χ0n) is 10.8. The van der Waals surface area contributed by atoms with Crippen LogP contribution in [0.1, 0.15) is 6.92 Å². The van der Waals surface area contributed by atoms with Crippen LogP contribution < -0.4 is 5.32 Å². The zero-order valence-corrected chi connectivity index (χ0v) is 13.1. The van der Waals surface area contributed by atoms with Gasteiger partial charge >= 0.3 is 0 Å². The molecule has 0 bridgehead atoms. The number of hydrogen-bond acceptors (Lipinski definition) is 2. The highest BCUT2D eigenvalue weighted by molar-refractivity contribution is 8.00. The van der Waals surface area contributed by atoms with Crippen LogP contribution in [0.4, 0.5) is 5.69 Å². The van der Waals surface area contributed by atoms with Crippen LogP contribution in [0, 0.1) is 0 Å². The smallest absolute Gasteiger partial charge is 0.237 e. The van der Waals surface area contributed by atoms with Gasteiger partial charge < -0.3 is 5.32 Å². The quantitative estimate of drug-likeness (QED) is 0.791. The Morgan fingerprint density at radius 1 is 1.05 bits per heavy atom. The number of rotatable bonds is 4. The average molecular weight is 326 g/mol. The van der Waals surface area contributed by atoms with Crippen LogP contribution in [0.2, 0.25) is 10.0 Å². The second-order valence-electron chi connectivity index (χ2n) is 4.16. The molecular weight excluding hydrogens is 313 g/mol. The first kappa shape index (κ1) is 15.2. The number of anilines is 1. The van der Waals surface area contributed by atoms with Crippen LogP contribution in [0.3, 0.4) is 0 Å². The molecule has 0 aliphatic carbocycles. The van der Waals surface area contributed by atoms with Gasteiger partial charge in [0.2, 0.25) is 5.91 Å². The third-order valence-electron chi connectivity index (χ3n) is 2.64. The Labute approximate surface area is 132 Å². The fraction of sp³-hybridized carbons (Fsp3) is 0.133. The summed E-state index contributed by atoms with van der Waals surface area (Å²) in [5.41, 5.74) is 0.460. The minimum atomic E-state index is -0.246. The van der Waals surface area contributed by atoms with Gasteiger partial charge in [-0.1, -0.05) is 47.5 Å². The summed E-state index contributed by atoms with van der Waals surface area (Å²) in [7, 11) is 0. The number of benzene rings is 2. The van der Waals surface area contributed by atoms with E-state index in [9.17, 15) is 4.79 Å². The summed E-state index contributed by atoms with van der Waals surface area (Å²) in [5.74, 6) is -0.131. The van der Waals surface area contributed by atoms with Crippen molar-refractivity contribution in [1.82, 2.24) is 0 Å². The number of amides is 1. The Kier molecular flexibility index (Phi) is 5.35. The first-order valence-corrected chi connectivity index (χ1v) is 7.68. The maximum Gasteiger partial charge on any atom is 0.237 e. The van der Waals surface area contributed by atoms with Crippen molar-refractivity contribution >= 4 is 46.6 Å². The van der Waals surface area contributed by atoms with Gasteiger partial charge in [0.25, 0.3) is 0 Å². The predicted molar refractivity (Wildman–Crippen MR) is 86.9 cm³/mol. The number of halogens is 2. The molecule has 1 N–H and O–H groups in total. The molecule has 2 aromatic carbocycles. The number of carbonyl (C=O) groups excluding carboxylic acids is 1. The van der Waals surface area contributed by atoms with E-state index in [-0.39, 0.29) is 11.2 Å². The fourth-order valence-corrected chi connectivity index (χ4v) is 2.98. The molecule has 5 heteroatoms. The summed E-state index contributed by atoms with van der Waals surface area (Å²) < 4.78 is 0. The molecule has 2 rings (SSSR count). The van der Waals surface area contributed by atoms with E-state index in [2.05, 4.69) is 5.32 Å². The molecule has 0 aromatic heterocycles. The number of para-hydroxylation sites is 1. The summed E-state index contributed by atoms with van der Waals surface area (Å²) >= 11 is 13.5. The van der Waals surface area contributed by atoms with E-state index in [0.717, 1.165) is 4.90 Å². The molecule has 0 fully saturated rings. The van der Waals surface area contributed by atoms with E-state index in [1.807, 2.05) is 37.3 Å². The minimum Gasteiger partial charge on any atom is -0.323 e. The van der Waals surface area contributed by atoms with Gasteiger partial charge in [0.1, 0.15) is 0 Å². The molecular formula is C15H13Cl2NOS. The van der Waals surface area contributed by atoms with Gasteiger partial charge in [-0.25, -0.2) is 0 Å². The van der Waals surface area contributed by atoms with Gasteiger partial charge in [0, 0.05) is 4.90 Å². The molecule has 2 nitrogen and oxygen atoms in total. The Bertz CT molecular complexity index is 584. The molecule has 0 saturated heterocycles. The van der Waals surface area contributed by atoms with Crippen molar-refractivity contribution in [2.75, 3.05) is 5.32 Å². The Hall–Kier alpha value is -1.16. The van der Waals surface area contributed by atoms with Crippen LogP contribution in [-0.4, -0.2) is 11.2 Å². The van der Waals surface area contributed by atoms with Gasteiger partial charge in [0.15, 0.2) is 0 Å². The highest BCUT2D eigenvalue weighted by Crippen LogP contribution is 2.31. The molecule has 0 aliphatic heterocycles. The molecule has 0 heterocycles. The van der Waals surface area contributed by atoms with E-state index in [1.54, 1.807) is 18.2 Å². The first-order valence-electron chi connectivity index (χ1n) is 6.04. The van der Waals surface area contributed by atoms with Crippen molar-refractivity contribution in [2.45, 2.75) is 17.1 Å². The molecule has 104 valence electrons. The van der Waals surface area contributed by atoms with Gasteiger partial charge in [0.05, 0.1) is 21.0 Å². The Balaban J connectivity index is 2.05. The normalized spacial score (nSPS) is 11.9. The number of hydrogen-bond donors (Lipinski definition) is 1. The van der Waals surface area contributed by atoms with E-state index >= 15 is 0 Å². The second-order valence-corrected chi connectivity index (χ2v) is 6.39. The van der Waals surface area contributed by atoms with Crippen LogP contribution in [0.5, 0.6) is 0 Å². The molecule has 2 aromatic rings. The summed E-state index contributed by atoms with van der Waals surface area (Å²) in [5, 5.41) is 3.40. The van der Waals surface area contributed by atoms with E-state index in [1.165, 1.54) is 11.8 Å². The van der Waals surface area contributed by atoms with Gasteiger partial charge in [-0.05, 0) is 31.2 Å². The molecule has 0 saturated carbocycles. The third kappa shape index (κ3) is 3.92. The van der Waals surface area contributed by atoms with Crippen LogP contribution >= 0.6 is 35.0 Å². The number of carbonyl (C=O) groups is 1. The maximum atomic E-state index is 12.2. The summed E-state index contributed by atoms with van der Waals surface area (Å²) in [6, 6.07) is 14.9. The standard InChI is InChI=1S/C15H13Cl2NOS/c1-10(20-11-6-3-2-4-7-11)15(19)18-14-12(16)8-5-9-13(14)17/h2-10H,1H3,(H,18,19)/t10-/m0/s1. The van der Waals surface area contributed by atoms with E-state index < -0.39 is 0 Å². The maximum absolute atomic E-state index is 12.2. The van der Waals surface area contributed by atoms with Crippen LogP contribution in [-0.2, 0) is 4.79 Å².